The van der Waals surface area contributed by atoms with E-state index in [9.17, 15) is 0 Å². The third-order valence-corrected chi connectivity index (χ3v) is 5.10. The zero-order chi connectivity index (χ0) is 19.9. The molecule has 1 heterocycles. The summed E-state index contributed by atoms with van der Waals surface area (Å²) in [6.45, 7) is 11.9. The Kier molecular flexibility index (Phi) is 11.7. The van der Waals surface area contributed by atoms with Crippen LogP contribution in [0.25, 0.3) is 0 Å². The van der Waals surface area contributed by atoms with Crippen molar-refractivity contribution >= 4 is 5.96 Å². The van der Waals surface area contributed by atoms with Gasteiger partial charge in [0.1, 0.15) is 0 Å². The van der Waals surface area contributed by atoms with Crippen molar-refractivity contribution in [2.45, 2.75) is 65.5 Å². The molecule has 0 atom stereocenters. The quantitative estimate of drug-likeness (QED) is 0.342. The van der Waals surface area contributed by atoms with E-state index in [2.05, 4.69) is 46.7 Å². The fourth-order valence-electron chi connectivity index (χ4n) is 3.49. The first-order valence-electron chi connectivity index (χ1n) is 11.2. The molecule has 158 valence electrons. The smallest absolute Gasteiger partial charge is 0.191 e. The standard InChI is InChI=1S/C23H40N4O/c1-3-24-23(25-15-7-10-18-28-4-2)26-19-21-11-13-22(14-12-21)20-27-16-8-5-6-9-17-27/h11-14H,3-10,15-20H2,1-2H3,(H2,24,25,26). The molecule has 1 fully saturated rings. The Bertz CT molecular complexity index is 536. The summed E-state index contributed by atoms with van der Waals surface area (Å²) < 4.78 is 5.38. The lowest BCUT2D eigenvalue weighted by atomic mass is 10.1. The summed E-state index contributed by atoms with van der Waals surface area (Å²) in [7, 11) is 0. The van der Waals surface area contributed by atoms with Gasteiger partial charge in [0, 0.05) is 32.8 Å². The van der Waals surface area contributed by atoms with Gasteiger partial charge in [0.25, 0.3) is 0 Å². The largest absolute Gasteiger partial charge is 0.382 e. The number of likely N-dealkylation sites (tertiary alicyclic amines) is 1. The van der Waals surface area contributed by atoms with Crippen LogP contribution in [0.2, 0.25) is 0 Å². The van der Waals surface area contributed by atoms with Crippen LogP contribution in [0.4, 0.5) is 0 Å². The number of aliphatic imine (C=N–C) groups is 1. The number of benzene rings is 1. The van der Waals surface area contributed by atoms with Crippen LogP contribution in [-0.2, 0) is 17.8 Å². The van der Waals surface area contributed by atoms with Crippen LogP contribution in [0.1, 0.15) is 63.5 Å². The maximum absolute atomic E-state index is 5.38. The molecule has 2 rings (SSSR count). The van der Waals surface area contributed by atoms with Crippen LogP contribution in [-0.4, -0.2) is 50.3 Å². The van der Waals surface area contributed by atoms with Crippen molar-refractivity contribution in [3.8, 4) is 0 Å². The van der Waals surface area contributed by atoms with E-state index >= 15 is 0 Å². The molecular formula is C23H40N4O. The predicted molar refractivity (Wildman–Crippen MR) is 119 cm³/mol. The zero-order valence-corrected chi connectivity index (χ0v) is 18.0. The van der Waals surface area contributed by atoms with Crippen LogP contribution >= 0.6 is 0 Å². The molecule has 0 bridgehead atoms. The average Bonchev–Trinajstić information content (AvgIpc) is 2.98. The van der Waals surface area contributed by atoms with Crippen molar-refractivity contribution in [1.29, 1.82) is 0 Å². The maximum atomic E-state index is 5.38. The van der Waals surface area contributed by atoms with Crippen molar-refractivity contribution < 1.29 is 4.74 Å². The summed E-state index contributed by atoms with van der Waals surface area (Å²) >= 11 is 0. The van der Waals surface area contributed by atoms with Gasteiger partial charge >= 0.3 is 0 Å². The van der Waals surface area contributed by atoms with Crippen LogP contribution in [0, 0.1) is 0 Å². The molecule has 1 aliphatic heterocycles. The highest BCUT2D eigenvalue weighted by molar-refractivity contribution is 5.79. The Labute approximate surface area is 171 Å². The second-order valence-electron chi connectivity index (χ2n) is 7.53. The number of hydrogen-bond donors (Lipinski definition) is 2. The Morgan fingerprint density at radius 2 is 1.68 bits per heavy atom. The highest BCUT2D eigenvalue weighted by Crippen LogP contribution is 2.14. The van der Waals surface area contributed by atoms with Crippen molar-refractivity contribution in [3.05, 3.63) is 35.4 Å². The Morgan fingerprint density at radius 1 is 0.964 bits per heavy atom. The Balaban J connectivity index is 1.76. The molecule has 2 N–H and O–H groups in total. The van der Waals surface area contributed by atoms with Crippen molar-refractivity contribution in [2.24, 2.45) is 4.99 Å². The summed E-state index contributed by atoms with van der Waals surface area (Å²) in [5.41, 5.74) is 2.67. The van der Waals surface area contributed by atoms with E-state index in [-0.39, 0.29) is 0 Å². The summed E-state index contributed by atoms with van der Waals surface area (Å²) in [6, 6.07) is 8.98. The van der Waals surface area contributed by atoms with Gasteiger partial charge in [0.05, 0.1) is 6.54 Å². The number of nitrogens with one attached hydrogen (secondary N) is 2. The zero-order valence-electron chi connectivity index (χ0n) is 18.0. The highest BCUT2D eigenvalue weighted by Gasteiger charge is 2.09. The molecule has 0 aromatic heterocycles. The molecule has 0 aliphatic carbocycles. The van der Waals surface area contributed by atoms with Crippen LogP contribution in [0.3, 0.4) is 0 Å². The van der Waals surface area contributed by atoms with E-state index in [0.29, 0.717) is 6.54 Å². The van der Waals surface area contributed by atoms with Gasteiger partial charge in [-0.1, -0.05) is 37.1 Å². The molecule has 0 saturated carbocycles. The van der Waals surface area contributed by atoms with E-state index in [1.54, 1.807) is 0 Å². The molecule has 0 spiro atoms. The summed E-state index contributed by atoms with van der Waals surface area (Å²) in [6.07, 6.45) is 7.65. The minimum absolute atomic E-state index is 0.707. The van der Waals surface area contributed by atoms with E-state index in [4.69, 9.17) is 9.73 Å². The predicted octanol–water partition coefficient (Wildman–Crippen LogP) is 3.93. The monoisotopic (exact) mass is 388 g/mol. The fourth-order valence-corrected chi connectivity index (χ4v) is 3.49. The van der Waals surface area contributed by atoms with Crippen molar-refractivity contribution in [3.63, 3.8) is 0 Å². The maximum Gasteiger partial charge on any atom is 0.191 e. The van der Waals surface area contributed by atoms with Crippen molar-refractivity contribution in [2.75, 3.05) is 39.4 Å². The van der Waals surface area contributed by atoms with Gasteiger partial charge in [-0.2, -0.15) is 0 Å². The summed E-state index contributed by atoms with van der Waals surface area (Å²) in [4.78, 5) is 7.32. The number of rotatable bonds is 11. The van der Waals surface area contributed by atoms with Crippen LogP contribution in [0.5, 0.6) is 0 Å². The molecule has 1 aromatic carbocycles. The first-order chi connectivity index (χ1) is 13.8. The second-order valence-corrected chi connectivity index (χ2v) is 7.53. The lowest BCUT2D eigenvalue weighted by molar-refractivity contribution is 0.143. The van der Waals surface area contributed by atoms with Gasteiger partial charge in [-0.15, -0.1) is 0 Å². The normalized spacial score (nSPS) is 16.0. The Hall–Kier alpha value is -1.59. The minimum Gasteiger partial charge on any atom is -0.382 e. The molecule has 28 heavy (non-hydrogen) atoms. The SMILES string of the molecule is CCNC(=NCc1ccc(CN2CCCCCC2)cc1)NCCCCOCC. The van der Waals surface area contributed by atoms with E-state index < -0.39 is 0 Å². The van der Waals surface area contributed by atoms with Gasteiger partial charge in [-0.25, -0.2) is 4.99 Å². The molecule has 1 aromatic rings. The lowest BCUT2D eigenvalue weighted by Gasteiger charge is -2.19. The van der Waals surface area contributed by atoms with Gasteiger partial charge in [-0.3, -0.25) is 4.90 Å². The second kappa shape index (κ2) is 14.4. The lowest BCUT2D eigenvalue weighted by Crippen LogP contribution is -2.37. The topological polar surface area (TPSA) is 48.9 Å². The van der Waals surface area contributed by atoms with E-state index in [1.807, 2.05) is 6.92 Å². The number of hydrogen-bond acceptors (Lipinski definition) is 3. The molecule has 5 heteroatoms. The molecule has 1 saturated heterocycles. The third kappa shape index (κ3) is 9.56. The van der Waals surface area contributed by atoms with Gasteiger partial charge in [-0.05, 0) is 63.7 Å². The van der Waals surface area contributed by atoms with Crippen LogP contribution in [0.15, 0.2) is 29.3 Å². The Morgan fingerprint density at radius 3 is 2.36 bits per heavy atom. The highest BCUT2D eigenvalue weighted by atomic mass is 16.5. The average molecular weight is 389 g/mol. The molecule has 0 unspecified atom stereocenters. The molecular weight excluding hydrogens is 348 g/mol. The summed E-state index contributed by atoms with van der Waals surface area (Å²) in [5, 5.41) is 6.74. The molecule has 0 radical (unpaired) electrons. The van der Waals surface area contributed by atoms with Crippen molar-refractivity contribution in [1.82, 2.24) is 15.5 Å². The van der Waals surface area contributed by atoms with Gasteiger partial charge < -0.3 is 15.4 Å². The number of unbranched alkanes of at least 4 members (excludes halogenated alkanes) is 1. The number of guanidine groups is 1. The van der Waals surface area contributed by atoms with Gasteiger partial charge in [0.15, 0.2) is 5.96 Å². The minimum atomic E-state index is 0.707. The number of nitrogens with zero attached hydrogens (tertiary/aromatic N) is 2. The summed E-state index contributed by atoms with van der Waals surface area (Å²) in [5.74, 6) is 0.896. The molecule has 1 aliphatic rings. The van der Waals surface area contributed by atoms with Crippen LogP contribution < -0.4 is 10.6 Å². The molecule has 0 amide bonds. The molecule has 5 nitrogen and oxygen atoms in total. The first kappa shape index (κ1) is 22.7. The first-order valence-corrected chi connectivity index (χ1v) is 11.2. The van der Waals surface area contributed by atoms with E-state index in [0.717, 1.165) is 51.6 Å². The third-order valence-electron chi connectivity index (χ3n) is 5.10. The van der Waals surface area contributed by atoms with Gasteiger partial charge in [0.2, 0.25) is 0 Å². The fraction of sp³-hybridized carbons (Fsp3) is 0.696. The van der Waals surface area contributed by atoms with E-state index in [1.165, 1.54) is 49.9 Å². The number of ether oxygens (including phenoxy) is 1.